The molecule has 4 fully saturated rings. The summed E-state index contributed by atoms with van der Waals surface area (Å²) in [5.41, 5.74) is 3.08. The van der Waals surface area contributed by atoms with Gasteiger partial charge in [-0.1, -0.05) is 13.0 Å². The number of likely N-dealkylation sites (tertiary alicyclic amines) is 1. The number of fused-ring (bicyclic) bond motifs is 3. The van der Waals surface area contributed by atoms with Crippen LogP contribution in [0.15, 0.2) is 35.4 Å². The fourth-order valence-electron chi connectivity index (χ4n) is 9.07. The highest BCUT2D eigenvalue weighted by Crippen LogP contribution is 2.70. The van der Waals surface area contributed by atoms with Crippen LogP contribution in [0.4, 0.5) is 20.2 Å². The minimum absolute atomic E-state index is 0.145. The van der Waals surface area contributed by atoms with Gasteiger partial charge < -0.3 is 10.2 Å². The van der Waals surface area contributed by atoms with Crippen molar-refractivity contribution in [1.82, 2.24) is 39.3 Å². The van der Waals surface area contributed by atoms with Crippen LogP contribution in [-0.4, -0.2) is 90.4 Å². The minimum Gasteiger partial charge on any atom is -0.370 e. The van der Waals surface area contributed by atoms with Gasteiger partial charge in [-0.3, -0.25) is 43.5 Å². The molecule has 268 valence electrons. The van der Waals surface area contributed by atoms with Gasteiger partial charge in [0.2, 0.25) is 11.8 Å². The van der Waals surface area contributed by atoms with E-state index in [9.17, 15) is 28.0 Å². The zero-order chi connectivity index (χ0) is 35.4. The standard InChI is InChI=1S/C35H40F2N10O4/c1-34-13-23-22(12-27(34)35(34,36)37)29(42-41-23)32(50)39-20-14-38-46(16-20)21-17-44(18-21)15-19-8-10-45(11-9-19)24-4-3-5-25-30(24)43(2)33(51)47(25)26-6-7-28(48)40-31(26)49/h3-5,14,16,19,21,26-27H,6-13,15,17-18H2,1-2H3,(H,39,50)(H,41,42)(H,40,48,49)/t26?,27-,34+/m0/s1. The Morgan fingerprint density at radius 2 is 1.90 bits per heavy atom. The number of imide groups is 1. The van der Waals surface area contributed by atoms with E-state index >= 15 is 0 Å². The molecule has 5 aliphatic rings. The second-order valence-corrected chi connectivity index (χ2v) is 15.3. The number of nitrogens with zero attached hydrogens (tertiary/aromatic N) is 7. The van der Waals surface area contributed by atoms with Gasteiger partial charge in [-0.2, -0.15) is 10.2 Å². The van der Waals surface area contributed by atoms with E-state index in [1.165, 1.54) is 4.57 Å². The quantitative estimate of drug-likeness (QED) is 0.249. The maximum Gasteiger partial charge on any atom is 0.329 e. The molecule has 0 bridgehead atoms. The van der Waals surface area contributed by atoms with Crippen LogP contribution in [0, 0.1) is 17.3 Å². The number of aromatic nitrogens is 6. The highest BCUT2D eigenvalue weighted by atomic mass is 19.3. The Balaban J connectivity index is 0.784. The van der Waals surface area contributed by atoms with Gasteiger partial charge in [-0.25, -0.2) is 13.6 Å². The minimum atomic E-state index is -2.72. The van der Waals surface area contributed by atoms with Crippen LogP contribution in [0.1, 0.15) is 66.4 Å². The van der Waals surface area contributed by atoms with E-state index in [0.29, 0.717) is 34.8 Å². The van der Waals surface area contributed by atoms with E-state index in [0.717, 1.165) is 56.8 Å². The normalized spacial score (nSPS) is 26.5. The maximum absolute atomic E-state index is 14.3. The van der Waals surface area contributed by atoms with Crippen LogP contribution >= 0.6 is 0 Å². The van der Waals surface area contributed by atoms with E-state index < -0.39 is 35.1 Å². The number of carbonyl (C=O) groups is 3. The molecule has 51 heavy (non-hydrogen) atoms. The fourth-order valence-corrected chi connectivity index (χ4v) is 9.07. The molecule has 3 atom stereocenters. The lowest BCUT2D eigenvalue weighted by Gasteiger charge is -2.43. The summed E-state index contributed by atoms with van der Waals surface area (Å²) in [7, 11) is 1.74. The third kappa shape index (κ3) is 4.96. The lowest BCUT2D eigenvalue weighted by molar-refractivity contribution is -0.135. The zero-order valence-corrected chi connectivity index (χ0v) is 28.5. The number of piperidine rings is 2. The van der Waals surface area contributed by atoms with Crippen LogP contribution in [-0.2, 0) is 29.5 Å². The number of halogens is 2. The van der Waals surface area contributed by atoms with E-state index in [2.05, 4.69) is 35.7 Å². The Morgan fingerprint density at radius 3 is 2.67 bits per heavy atom. The van der Waals surface area contributed by atoms with Crippen molar-refractivity contribution in [2.24, 2.45) is 24.3 Å². The molecule has 0 radical (unpaired) electrons. The van der Waals surface area contributed by atoms with Gasteiger partial charge in [0.05, 0.1) is 34.6 Å². The van der Waals surface area contributed by atoms with Gasteiger partial charge in [0, 0.05) is 81.4 Å². The lowest BCUT2D eigenvalue weighted by Crippen LogP contribution is -2.50. The third-order valence-corrected chi connectivity index (χ3v) is 12.3. The molecule has 0 spiro atoms. The number of rotatable bonds is 7. The zero-order valence-electron chi connectivity index (χ0n) is 28.5. The Hall–Kier alpha value is -4.86. The largest absolute Gasteiger partial charge is 0.370 e. The number of benzene rings is 1. The van der Waals surface area contributed by atoms with Crippen LogP contribution < -0.4 is 21.2 Å². The number of para-hydroxylation sites is 1. The van der Waals surface area contributed by atoms with Crippen molar-refractivity contribution >= 4 is 40.1 Å². The number of hydrogen-bond acceptors (Lipinski definition) is 8. The van der Waals surface area contributed by atoms with Gasteiger partial charge in [0.25, 0.3) is 11.8 Å². The van der Waals surface area contributed by atoms with E-state index in [4.69, 9.17) is 0 Å². The molecular formula is C35H40F2N10O4. The van der Waals surface area contributed by atoms with Crippen molar-refractivity contribution < 1.29 is 23.2 Å². The first-order valence-corrected chi connectivity index (χ1v) is 17.7. The van der Waals surface area contributed by atoms with Crippen LogP contribution in [0.2, 0.25) is 0 Å². The maximum atomic E-state index is 14.3. The van der Waals surface area contributed by atoms with Gasteiger partial charge >= 0.3 is 5.69 Å². The van der Waals surface area contributed by atoms with Crippen LogP contribution in [0.25, 0.3) is 11.0 Å². The monoisotopic (exact) mass is 702 g/mol. The number of aromatic amines is 1. The Morgan fingerprint density at radius 1 is 1.12 bits per heavy atom. The first-order valence-electron chi connectivity index (χ1n) is 17.7. The number of hydrogen-bond donors (Lipinski definition) is 3. The molecule has 3 aromatic heterocycles. The summed E-state index contributed by atoms with van der Waals surface area (Å²) in [6.07, 6.45) is 6.27. The SMILES string of the molecule is Cn1c(=O)n(C2CCC(=O)NC2=O)c2cccc(N3CCC(CN4CC(n5cc(NC(=O)c6n[nH]c7c6C[C@@H]6C(F)(F)[C@]6(C)C7)cn5)C4)CC3)c21. The number of H-pyrrole nitrogens is 1. The number of alkyl halides is 2. The predicted molar refractivity (Wildman–Crippen MR) is 182 cm³/mol. The summed E-state index contributed by atoms with van der Waals surface area (Å²) in [5.74, 6) is -4.12. The second kappa shape index (κ2) is 11.3. The number of amides is 3. The first kappa shape index (κ1) is 32.1. The summed E-state index contributed by atoms with van der Waals surface area (Å²) in [5, 5.41) is 16.7. The smallest absolute Gasteiger partial charge is 0.329 e. The Labute approximate surface area is 291 Å². The molecule has 3 N–H and O–H groups in total. The van der Waals surface area contributed by atoms with Gasteiger partial charge in [0.1, 0.15) is 6.04 Å². The topological polar surface area (TPSA) is 155 Å². The van der Waals surface area contributed by atoms with Gasteiger partial charge in [0.15, 0.2) is 5.69 Å². The first-order chi connectivity index (χ1) is 24.4. The molecule has 1 unspecified atom stereocenters. The lowest BCUT2D eigenvalue weighted by atomic mass is 9.87. The molecule has 6 heterocycles. The van der Waals surface area contributed by atoms with Crippen molar-refractivity contribution in [2.75, 3.05) is 42.9 Å². The molecule has 16 heteroatoms. The third-order valence-electron chi connectivity index (χ3n) is 12.3. The van der Waals surface area contributed by atoms with Crippen molar-refractivity contribution in [3.8, 4) is 0 Å². The summed E-state index contributed by atoms with van der Waals surface area (Å²) < 4.78 is 33.7. The highest BCUT2D eigenvalue weighted by molar-refractivity contribution is 6.04. The molecule has 9 rings (SSSR count). The number of aryl methyl sites for hydroxylation is 1. The average Bonchev–Trinajstić information content (AvgIpc) is 3.59. The Kier molecular flexibility index (Phi) is 7.12. The van der Waals surface area contributed by atoms with Crippen molar-refractivity contribution in [3.05, 3.63) is 58.0 Å². The summed E-state index contributed by atoms with van der Waals surface area (Å²) in [6, 6.07) is 5.30. The predicted octanol–water partition coefficient (Wildman–Crippen LogP) is 2.63. The van der Waals surface area contributed by atoms with E-state index in [-0.39, 0.29) is 42.6 Å². The molecular weight excluding hydrogens is 662 g/mol. The average molecular weight is 703 g/mol. The summed E-state index contributed by atoms with van der Waals surface area (Å²) in [6.45, 7) is 5.98. The van der Waals surface area contributed by atoms with Crippen LogP contribution in [0.5, 0.6) is 0 Å². The van der Waals surface area contributed by atoms with E-state index in [1.807, 2.05) is 29.1 Å². The van der Waals surface area contributed by atoms with E-state index in [1.54, 1.807) is 24.7 Å². The molecule has 4 aromatic rings. The number of carbonyl (C=O) groups excluding carboxylic acids is 3. The van der Waals surface area contributed by atoms with Crippen molar-refractivity contribution in [1.29, 1.82) is 0 Å². The second-order valence-electron chi connectivity index (χ2n) is 15.3. The number of nitrogens with one attached hydrogen (secondary N) is 3. The molecule has 2 aliphatic carbocycles. The number of imidazole rings is 1. The molecule has 3 amide bonds. The Bertz CT molecular complexity index is 2150. The van der Waals surface area contributed by atoms with Crippen molar-refractivity contribution in [3.63, 3.8) is 0 Å². The molecule has 1 aromatic carbocycles. The molecule has 14 nitrogen and oxygen atoms in total. The molecule has 1 saturated carbocycles. The van der Waals surface area contributed by atoms with Gasteiger partial charge in [-0.05, 0) is 43.7 Å². The van der Waals surface area contributed by atoms with Crippen molar-refractivity contribution in [2.45, 2.75) is 63.5 Å². The molecule has 3 saturated heterocycles. The molecule has 3 aliphatic heterocycles. The highest BCUT2D eigenvalue weighted by Gasteiger charge is 2.78. The summed E-state index contributed by atoms with van der Waals surface area (Å²) in [4.78, 5) is 55.5. The van der Waals surface area contributed by atoms with Crippen LogP contribution in [0.3, 0.4) is 0 Å². The summed E-state index contributed by atoms with van der Waals surface area (Å²) >= 11 is 0. The number of anilines is 2. The van der Waals surface area contributed by atoms with Gasteiger partial charge in [-0.15, -0.1) is 0 Å². The fraction of sp³-hybridized carbons (Fsp3) is 0.543.